The van der Waals surface area contributed by atoms with E-state index in [-0.39, 0.29) is 38.3 Å². The summed E-state index contributed by atoms with van der Waals surface area (Å²) in [5, 5.41) is 2.80. The van der Waals surface area contributed by atoms with Gasteiger partial charge in [0.2, 0.25) is 5.91 Å². The summed E-state index contributed by atoms with van der Waals surface area (Å²) in [4.78, 5) is 55.2. The monoisotopic (exact) mass is 468 g/mol. The van der Waals surface area contributed by atoms with E-state index in [2.05, 4.69) is 5.32 Å². The number of carbonyl (C=O) groups excluding carboxylic acids is 4. The summed E-state index contributed by atoms with van der Waals surface area (Å²) in [5.74, 6) is -3.41. The number of amides is 5. The first-order valence-corrected chi connectivity index (χ1v) is 11.0. The van der Waals surface area contributed by atoms with Gasteiger partial charge in [0, 0.05) is 31.7 Å². The van der Waals surface area contributed by atoms with E-state index in [0.717, 1.165) is 28.2 Å². The Balaban J connectivity index is 1.21. The molecule has 5 amide bonds. The molecule has 1 atom stereocenters. The lowest BCUT2D eigenvalue weighted by Crippen LogP contribution is -2.53. The minimum atomic E-state index is -1.12. The second kappa shape index (κ2) is 8.19. The Labute approximate surface area is 194 Å². The van der Waals surface area contributed by atoms with Crippen LogP contribution in [0, 0.1) is 11.6 Å². The standard InChI is InChI=1S/C24H22F2N4O4/c25-18-6-5-16(13-19(18)26)21(32)29-11-9-28(10-12-29)20(31)14-30-22(33)24(27-23(30)34)8-7-15-3-1-2-4-17(15)24/h1-6,13H,7-12,14H2,(H,27,34). The van der Waals surface area contributed by atoms with Crippen LogP contribution in [0.15, 0.2) is 42.5 Å². The first kappa shape index (κ1) is 22.0. The molecule has 2 heterocycles. The smallest absolute Gasteiger partial charge is 0.325 e. The first-order valence-electron chi connectivity index (χ1n) is 11.0. The molecule has 1 spiro atoms. The van der Waals surface area contributed by atoms with E-state index in [9.17, 15) is 28.0 Å². The molecule has 1 N–H and O–H groups in total. The van der Waals surface area contributed by atoms with Gasteiger partial charge in [0.05, 0.1) is 0 Å². The number of nitrogens with zero attached hydrogens (tertiary/aromatic N) is 3. The van der Waals surface area contributed by atoms with Gasteiger partial charge in [-0.25, -0.2) is 13.6 Å². The number of hydrogen-bond donors (Lipinski definition) is 1. The van der Waals surface area contributed by atoms with E-state index in [0.29, 0.717) is 12.8 Å². The van der Waals surface area contributed by atoms with Crippen LogP contribution in [-0.2, 0) is 21.5 Å². The van der Waals surface area contributed by atoms with Crippen molar-refractivity contribution in [1.29, 1.82) is 0 Å². The van der Waals surface area contributed by atoms with Crippen molar-refractivity contribution in [2.45, 2.75) is 18.4 Å². The zero-order valence-corrected chi connectivity index (χ0v) is 18.2. The highest BCUT2D eigenvalue weighted by atomic mass is 19.2. The van der Waals surface area contributed by atoms with Crippen molar-refractivity contribution in [2.24, 2.45) is 0 Å². The van der Waals surface area contributed by atoms with Crippen LogP contribution >= 0.6 is 0 Å². The van der Waals surface area contributed by atoms with Gasteiger partial charge in [-0.2, -0.15) is 0 Å². The van der Waals surface area contributed by atoms with Crippen LogP contribution in [-0.4, -0.2) is 71.2 Å². The summed E-state index contributed by atoms with van der Waals surface area (Å²) in [7, 11) is 0. The largest absolute Gasteiger partial charge is 0.338 e. The molecule has 1 aliphatic carbocycles. The van der Waals surface area contributed by atoms with E-state index < -0.39 is 40.9 Å². The summed E-state index contributed by atoms with van der Waals surface area (Å²) in [6, 6.07) is 9.83. The number of imide groups is 1. The molecule has 1 unspecified atom stereocenters. The van der Waals surface area contributed by atoms with E-state index in [1.807, 2.05) is 24.3 Å². The van der Waals surface area contributed by atoms with Crippen molar-refractivity contribution in [3.8, 4) is 0 Å². The Morgan fingerprint density at radius 2 is 1.65 bits per heavy atom. The van der Waals surface area contributed by atoms with Gasteiger partial charge in [-0.15, -0.1) is 0 Å². The number of piperazine rings is 1. The van der Waals surface area contributed by atoms with Crippen molar-refractivity contribution in [3.05, 3.63) is 70.8 Å². The number of urea groups is 1. The summed E-state index contributed by atoms with van der Waals surface area (Å²) in [6.07, 6.45) is 1.12. The second-order valence-electron chi connectivity index (χ2n) is 8.69. The maximum atomic E-state index is 13.5. The van der Waals surface area contributed by atoms with E-state index in [4.69, 9.17) is 0 Å². The Hall–Kier alpha value is -3.82. The first-order chi connectivity index (χ1) is 16.3. The molecule has 2 aromatic rings. The molecule has 176 valence electrons. The fourth-order valence-corrected chi connectivity index (χ4v) is 4.94. The molecule has 2 aliphatic heterocycles. The highest BCUT2D eigenvalue weighted by molar-refractivity contribution is 6.10. The average Bonchev–Trinajstić information content (AvgIpc) is 3.33. The minimum Gasteiger partial charge on any atom is -0.338 e. The number of halogens is 2. The van der Waals surface area contributed by atoms with Crippen molar-refractivity contribution < 1.29 is 28.0 Å². The third kappa shape index (κ3) is 3.49. The molecule has 10 heteroatoms. The molecule has 3 aliphatic rings. The van der Waals surface area contributed by atoms with Crippen LogP contribution < -0.4 is 5.32 Å². The van der Waals surface area contributed by atoms with E-state index in [1.54, 1.807) is 0 Å². The Morgan fingerprint density at radius 3 is 2.38 bits per heavy atom. The molecule has 0 saturated carbocycles. The highest BCUT2D eigenvalue weighted by Crippen LogP contribution is 2.41. The van der Waals surface area contributed by atoms with Gasteiger partial charge in [0.25, 0.3) is 11.8 Å². The number of carbonyl (C=O) groups is 4. The molecule has 34 heavy (non-hydrogen) atoms. The topological polar surface area (TPSA) is 90.0 Å². The SMILES string of the molecule is O=C(CN1C(=O)NC2(CCc3ccccc32)C1=O)N1CCN(C(=O)c2ccc(F)c(F)c2)CC1. The molecule has 2 saturated heterocycles. The van der Waals surface area contributed by atoms with Crippen molar-refractivity contribution in [1.82, 2.24) is 20.0 Å². The summed E-state index contributed by atoms with van der Waals surface area (Å²) in [6.45, 7) is 0.408. The molecule has 8 nitrogen and oxygen atoms in total. The summed E-state index contributed by atoms with van der Waals surface area (Å²) < 4.78 is 26.6. The van der Waals surface area contributed by atoms with Crippen molar-refractivity contribution in [3.63, 3.8) is 0 Å². The molecule has 2 fully saturated rings. The molecule has 0 aromatic heterocycles. The summed E-state index contributed by atoms with van der Waals surface area (Å²) in [5.41, 5.74) is 0.683. The van der Waals surface area contributed by atoms with Crippen LogP contribution in [0.5, 0.6) is 0 Å². The Morgan fingerprint density at radius 1 is 0.941 bits per heavy atom. The van der Waals surface area contributed by atoms with Crippen LogP contribution in [0.4, 0.5) is 13.6 Å². The average molecular weight is 468 g/mol. The van der Waals surface area contributed by atoms with Crippen LogP contribution in [0.25, 0.3) is 0 Å². The van der Waals surface area contributed by atoms with Gasteiger partial charge >= 0.3 is 6.03 Å². The fraction of sp³-hybridized carbons (Fsp3) is 0.333. The van der Waals surface area contributed by atoms with Gasteiger partial charge in [-0.05, 0) is 42.2 Å². The Bertz CT molecular complexity index is 1210. The van der Waals surface area contributed by atoms with E-state index >= 15 is 0 Å². The lowest BCUT2D eigenvalue weighted by Gasteiger charge is -2.35. The van der Waals surface area contributed by atoms with Crippen molar-refractivity contribution in [2.75, 3.05) is 32.7 Å². The molecule has 2 aromatic carbocycles. The normalized spacial score (nSPS) is 21.8. The predicted molar refractivity (Wildman–Crippen MR) is 116 cm³/mol. The van der Waals surface area contributed by atoms with Gasteiger partial charge in [0.15, 0.2) is 11.6 Å². The third-order valence-electron chi connectivity index (χ3n) is 6.80. The third-order valence-corrected chi connectivity index (χ3v) is 6.80. The Kier molecular flexibility index (Phi) is 5.30. The lowest BCUT2D eigenvalue weighted by atomic mass is 9.92. The maximum Gasteiger partial charge on any atom is 0.325 e. The number of fused-ring (bicyclic) bond motifs is 2. The number of benzene rings is 2. The van der Waals surface area contributed by atoms with Crippen LogP contribution in [0.3, 0.4) is 0 Å². The zero-order chi connectivity index (χ0) is 24.0. The predicted octanol–water partition coefficient (Wildman–Crippen LogP) is 1.64. The molecule has 5 rings (SSSR count). The van der Waals surface area contributed by atoms with Crippen LogP contribution in [0.1, 0.15) is 27.9 Å². The molecular formula is C24H22F2N4O4. The van der Waals surface area contributed by atoms with Gasteiger partial charge < -0.3 is 15.1 Å². The molecule has 0 bridgehead atoms. The van der Waals surface area contributed by atoms with Gasteiger partial charge in [-0.3, -0.25) is 19.3 Å². The molecule has 0 radical (unpaired) electrons. The minimum absolute atomic E-state index is 0.0279. The van der Waals surface area contributed by atoms with Gasteiger partial charge in [-0.1, -0.05) is 24.3 Å². The van der Waals surface area contributed by atoms with Crippen LogP contribution in [0.2, 0.25) is 0 Å². The lowest BCUT2D eigenvalue weighted by molar-refractivity contribution is -0.140. The second-order valence-corrected chi connectivity index (χ2v) is 8.69. The quantitative estimate of drug-likeness (QED) is 0.694. The van der Waals surface area contributed by atoms with E-state index in [1.165, 1.54) is 15.9 Å². The maximum absolute atomic E-state index is 13.5. The summed E-state index contributed by atoms with van der Waals surface area (Å²) >= 11 is 0. The number of aryl methyl sites for hydroxylation is 1. The number of rotatable bonds is 3. The fourth-order valence-electron chi connectivity index (χ4n) is 4.94. The molecular weight excluding hydrogens is 446 g/mol. The van der Waals surface area contributed by atoms with Gasteiger partial charge in [0.1, 0.15) is 12.1 Å². The number of hydrogen-bond acceptors (Lipinski definition) is 4. The zero-order valence-electron chi connectivity index (χ0n) is 18.2. The highest BCUT2D eigenvalue weighted by Gasteiger charge is 2.55. The number of nitrogens with one attached hydrogen (secondary N) is 1. The van der Waals surface area contributed by atoms with Crippen molar-refractivity contribution >= 4 is 23.8 Å².